The summed E-state index contributed by atoms with van der Waals surface area (Å²) >= 11 is 0. The number of aliphatic hydroxyl groups is 2. The molecule has 3 rings (SSSR count). The fourth-order valence-electron chi connectivity index (χ4n) is 6.39. The van der Waals surface area contributed by atoms with Crippen molar-refractivity contribution < 1.29 is 52.7 Å². The monoisotopic (exact) mass is 831 g/mol. The Hall–Kier alpha value is -3.80. The van der Waals surface area contributed by atoms with Crippen LogP contribution < -0.4 is 11.1 Å². The molecule has 8 N–H and O–H groups in total. The lowest BCUT2D eigenvalue weighted by molar-refractivity contribution is -0.106. The van der Waals surface area contributed by atoms with E-state index in [1.165, 1.54) is 82.1 Å². The van der Waals surface area contributed by atoms with Crippen LogP contribution in [0.25, 0.3) is 0 Å². The summed E-state index contributed by atoms with van der Waals surface area (Å²) in [6.07, 6.45) is 16.4. The average molecular weight is 832 g/mol. The van der Waals surface area contributed by atoms with Crippen molar-refractivity contribution in [3.8, 4) is 12.1 Å². The second-order valence-corrected chi connectivity index (χ2v) is 15.9. The molecule has 2 heterocycles. The Balaban J connectivity index is 1.46. The van der Waals surface area contributed by atoms with Crippen LogP contribution >= 0.6 is 7.82 Å². The molecule has 17 heteroatoms. The van der Waals surface area contributed by atoms with Crippen LogP contribution in [0.4, 0.5) is 4.39 Å². The third-order valence-electron chi connectivity index (χ3n) is 9.68. The van der Waals surface area contributed by atoms with Gasteiger partial charge < -0.3 is 40.0 Å². The molecule has 1 fully saturated rings. The molecule has 6 atom stereocenters. The number of nitriles is 2. The molecule has 58 heavy (non-hydrogen) atoms. The number of halogens is 1. The van der Waals surface area contributed by atoms with Gasteiger partial charge in [0.2, 0.25) is 5.60 Å². The molecule has 15 nitrogen and oxygen atoms in total. The molecule has 1 aliphatic heterocycles. The summed E-state index contributed by atoms with van der Waals surface area (Å²) in [5.41, 5.74) is 4.58. The number of nitrogens with zero attached hydrogens (tertiary/aromatic N) is 3. The van der Waals surface area contributed by atoms with E-state index in [2.05, 4.69) is 29.1 Å². The van der Waals surface area contributed by atoms with Crippen LogP contribution in [0.1, 0.15) is 125 Å². The number of ether oxygens (including phenoxy) is 3. The highest BCUT2D eigenvalue weighted by Gasteiger charge is 2.57. The van der Waals surface area contributed by atoms with Gasteiger partial charge >= 0.3 is 7.82 Å². The Morgan fingerprint density at radius 3 is 2.36 bits per heavy atom. The number of allylic oxidation sites excluding steroid dienone is 2. The van der Waals surface area contributed by atoms with Crippen LogP contribution in [0.3, 0.4) is 0 Å². The summed E-state index contributed by atoms with van der Waals surface area (Å²) in [6, 6.07) is 10.4. The molecule has 1 saturated heterocycles. The van der Waals surface area contributed by atoms with Gasteiger partial charge in [-0.05, 0) is 73.0 Å². The Morgan fingerprint density at radius 2 is 1.71 bits per heavy atom. The normalized spacial score (nSPS) is 21.2. The van der Waals surface area contributed by atoms with Gasteiger partial charge in [0.15, 0.2) is 0 Å². The van der Waals surface area contributed by atoms with Gasteiger partial charge in [-0.15, -0.1) is 0 Å². The van der Waals surface area contributed by atoms with Crippen LogP contribution in [0.5, 0.6) is 0 Å². The molecule has 0 bridgehead atoms. The first-order chi connectivity index (χ1) is 28.0. The molecule has 2 aromatic rings. The Kier molecular flexibility index (Phi) is 22.0. The number of H-pyrrole nitrogens is 1. The molecule has 1 aliphatic rings. The standard InChI is InChI=1S/C41H60FN6O9P/c1-2-3-4-5-6-7-8-9-10-11-12-13-14-15-16-17-20-53-26-34(54-25-32-21-31(24-43)22-33(42)23-32)27-55-58(51,52)56-29-41(28-44)39(50)37(49)38(57-41)35-18-19-36(48-35)40(46)47-30-45/h9-10,18-19,21-23,30,34,37-39,48-50H,2-8,11-17,20,25-27,29H2,1H3,(H,51,52)(H3,45,46,47)/p+1/b10-9+/t34-,37+,38+,39+,41-/m1/s1. The van der Waals surface area contributed by atoms with Crippen molar-refractivity contribution >= 4 is 20.0 Å². The van der Waals surface area contributed by atoms with Crippen LogP contribution in [0, 0.1) is 28.5 Å². The van der Waals surface area contributed by atoms with Gasteiger partial charge in [-0.25, -0.2) is 8.96 Å². The number of aliphatic hydroxyl groups excluding tert-OH is 2. The fraction of sp³-hybridized carbons (Fsp3) is 0.610. The van der Waals surface area contributed by atoms with Crippen molar-refractivity contribution in [2.75, 3.05) is 26.4 Å². The number of hydrogen-bond donors (Lipinski definition) is 6. The first-order valence-corrected chi connectivity index (χ1v) is 21.6. The number of rotatable bonds is 30. The summed E-state index contributed by atoms with van der Waals surface area (Å²) in [5, 5.41) is 46.0. The topological polar surface area (TPSA) is 251 Å². The third kappa shape index (κ3) is 16.8. The van der Waals surface area contributed by atoms with Crippen molar-refractivity contribution in [1.29, 1.82) is 10.5 Å². The first kappa shape index (κ1) is 48.6. The summed E-state index contributed by atoms with van der Waals surface area (Å²) in [7, 11) is -4.93. The van der Waals surface area contributed by atoms with Crippen molar-refractivity contribution in [2.24, 2.45) is 10.7 Å². The van der Waals surface area contributed by atoms with Crippen LogP contribution in [-0.2, 0) is 34.4 Å². The van der Waals surface area contributed by atoms with Gasteiger partial charge in [-0.3, -0.25) is 14.5 Å². The predicted molar refractivity (Wildman–Crippen MR) is 215 cm³/mol. The molecular formula is C41H61FN6O9P+. The number of nitrogens with one attached hydrogen (secondary N) is 1. The molecular weight excluding hydrogens is 770 g/mol. The number of benzene rings is 1. The Labute approximate surface area is 341 Å². The van der Waals surface area contributed by atoms with Crippen molar-refractivity contribution in [3.05, 3.63) is 70.8 Å². The van der Waals surface area contributed by atoms with E-state index in [-0.39, 0.29) is 30.3 Å². The largest absolute Gasteiger partial charge is 0.472 e. The molecule has 0 saturated carbocycles. The molecule has 1 aromatic heterocycles. The van der Waals surface area contributed by atoms with Crippen LogP contribution in [0.15, 0.2) is 47.5 Å². The van der Waals surface area contributed by atoms with E-state index < -0.39 is 56.9 Å². The first-order valence-electron chi connectivity index (χ1n) is 20.1. The maximum atomic E-state index is 14.1. The second kappa shape index (κ2) is 26.3. The highest BCUT2D eigenvalue weighted by Crippen LogP contribution is 2.47. The van der Waals surface area contributed by atoms with E-state index in [4.69, 9.17) is 34.4 Å². The summed E-state index contributed by atoms with van der Waals surface area (Å²) in [5.74, 6) is -0.589. The Morgan fingerprint density at radius 1 is 1.03 bits per heavy atom. The second-order valence-electron chi connectivity index (χ2n) is 14.4. The number of phosphoric acid groups is 1. The van der Waals surface area contributed by atoms with Gasteiger partial charge in [-0.1, -0.05) is 76.9 Å². The smallest absolute Gasteiger partial charge is 0.387 e. The van der Waals surface area contributed by atoms with Gasteiger partial charge in [0.1, 0.15) is 48.6 Å². The summed E-state index contributed by atoms with van der Waals surface area (Å²) < 4.78 is 54.8. The van der Waals surface area contributed by atoms with Crippen LogP contribution in [0.2, 0.25) is 0 Å². The van der Waals surface area contributed by atoms with Crippen LogP contribution in [-0.4, -0.2) is 82.6 Å². The fourth-order valence-corrected chi connectivity index (χ4v) is 7.18. The van der Waals surface area contributed by atoms with E-state index in [0.29, 0.717) is 17.9 Å². The van der Waals surface area contributed by atoms with E-state index in [9.17, 15) is 34.6 Å². The Bertz CT molecular complexity index is 1730. The maximum Gasteiger partial charge on any atom is 0.472 e. The zero-order valence-corrected chi connectivity index (χ0v) is 34.4. The molecule has 1 unspecified atom stereocenters. The molecule has 0 amide bonds. The zero-order valence-electron chi connectivity index (χ0n) is 33.5. The quantitative estimate of drug-likeness (QED) is 0.0192. The highest BCUT2D eigenvalue weighted by molar-refractivity contribution is 7.47. The molecule has 0 aliphatic carbocycles. The lowest BCUT2D eigenvalue weighted by Gasteiger charge is -2.26. The molecule has 0 radical (unpaired) electrons. The van der Waals surface area contributed by atoms with Crippen molar-refractivity contribution in [2.45, 2.75) is 133 Å². The zero-order chi connectivity index (χ0) is 42.2. The highest BCUT2D eigenvalue weighted by atomic mass is 31.2. The predicted octanol–water partition coefficient (Wildman–Crippen LogP) is 5.35. The summed E-state index contributed by atoms with van der Waals surface area (Å²) in [6.45, 7) is 0.977. The molecule has 320 valence electrons. The van der Waals surface area contributed by atoms with Gasteiger partial charge in [0.05, 0.1) is 31.5 Å². The van der Waals surface area contributed by atoms with E-state index in [1.54, 1.807) is 6.07 Å². The SMILES string of the molecule is CCCCCCCC/C=C/CCCCCCCCOC[C@H](COP(=O)(O)OC[C@@]1(C#N)O[C@@H](c2ccc(C(N)=NC=[NH2+])[nH]2)[C@H](O)[C@@H]1O)OCc1cc(F)cc(C#N)c1. The number of aromatic amines is 1. The number of aliphatic imine (C=N–C) groups is 1. The average Bonchev–Trinajstić information content (AvgIpc) is 3.80. The number of nitrogens with two attached hydrogens (primary N) is 2. The summed E-state index contributed by atoms with van der Waals surface area (Å²) in [4.78, 5) is 17.2. The number of unbranched alkanes of at least 4 members (excludes halogenated alkanes) is 12. The van der Waals surface area contributed by atoms with Gasteiger partial charge in [0.25, 0.3) is 12.2 Å². The number of phosphoric ester groups is 1. The number of hydrogen-bond acceptors (Lipinski definition) is 10. The molecule has 0 spiro atoms. The van der Waals surface area contributed by atoms with E-state index in [1.807, 2.05) is 6.07 Å². The lowest BCUT2D eigenvalue weighted by atomic mass is 9.96. The number of aromatic nitrogens is 1. The van der Waals surface area contributed by atoms with Gasteiger partial charge in [0, 0.05) is 12.3 Å². The van der Waals surface area contributed by atoms with E-state index >= 15 is 0 Å². The van der Waals surface area contributed by atoms with E-state index in [0.717, 1.165) is 44.5 Å². The van der Waals surface area contributed by atoms with Gasteiger partial charge in [-0.2, -0.15) is 10.5 Å². The lowest BCUT2D eigenvalue weighted by Crippen LogP contribution is -2.45. The molecule has 1 aromatic carbocycles. The minimum Gasteiger partial charge on any atom is -0.387 e. The minimum absolute atomic E-state index is 0.0315. The van der Waals surface area contributed by atoms with Crippen molar-refractivity contribution in [3.63, 3.8) is 0 Å². The maximum absolute atomic E-state index is 14.1. The number of amidine groups is 1. The van der Waals surface area contributed by atoms with Crippen molar-refractivity contribution in [1.82, 2.24) is 4.98 Å². The third-order valence-corrected chi connectivity index (χ3v) is 10.6. The minimum atomic E-state index is -4.93.